The number of fused-ring (bicyclic) bond motifs is 1. The standard InChI is InChI=1S/C23H20F3N5O3S/c24-23(25,26)17-2-1-5-27-18(17)12-31-19-4-3-14(8-15(19)10-28-31)9-20-21(33)29-22(35-20)30-6-7-34-16(11-30)13-32/h1-5,8-10,16,32H,6-7,11-13H2/b20-9-/t16-/m0/s1. The molecule has 35 heavy (non-hydrogen) atoms. The number of amides is 1. The van der Waals surface area contributed by atoms with Crippen LogP contribution >= 0.6 is 11.8 Å². The Morgan fingerprint density at radius 3 is 2.94 bits per heavy atom. The molecule has 0 bridgehead atoms. The summed E-state index contributed by atoms with van der Waals surface area (Å²) in [5.74, 6) is -0.345. The van der Waals surface area contributed by atoms with Gasteiger partial charge in [0.05, 0.1) is 53.7 Å². The van der Waals surface area contributed by atoms with Crippen LogP contribution in [0.15, 0.2) is 52.6 Å². The molecule has 1 aromatic carbocycles. The maximum absolute atomic E-state index is 13.3. The fourth-order valence-corrected chi connectivity index (χ4v) is 4.92. The van der Waals surface area contributed by atoms with Crippen molar-refractivity contribution in [1.29, 1.82) is 0 Å². The summed E-state index contributed by atoms with van der Waals surface area (Å²) in [5, 5.41) is 14.9. The summed E-state index contributed by atoms with van der Waals surface area (Å²) < 4.78 is 46.9. The quantitative estimate of drug-likeness (QED) is 0.547. The molecule has 1 fully saturated rings. The number of rotatable bonds is 4. The number of aromatic nitrogens is 3. The number of aliphatic hydroxyl groups excluding tert-OH is 1. The van der Waals surface area contributed by atoms with Crippen LogP contribution in [0.1, 0.15) is 16.8 Å². The molecular formula is C23H20F3N5O3S. The molecule has 0 aliphatic carbocycles. The molecule has 1 N–H and O–H groups in total. The summed E-state index contributed by atoms with van der Waals surface area (Å²) in [6.45, 7) is 1.26. The van der Waals surface area contributed by atoms with Crippen LogP contribution in [0.4, 0.5) is 13.2 Å². The molecule has 0 saturated carbocycles. The fraction of sp³-hybridized carbons (Fsp3) is 0.304. The number of hydrogen-bond acceptors (Lipinski definition) is 7. The Kier molecular flexibility index (Phi) is 6.34. The average Bonchev–Trinajstić information content (AvgIpc) is 3.41. The van der Waals surface area contributed by atoms with Crippen LogP contribution in [0.25, 0.3) is 17.0 Å². The van der Waals surface area contributed by atoms with Gasteiger partial charge in [-0.25, -0.2) is 0 Å². The highest BCUT2D eigenvalue weighted by molar-refractivity contribution is 8.18. The molecule has 3 aromatic rings. The highest BCUT2D eigenvalue weighted by Gasteiger charge is 2.34. The lowest BCUT2D eigenvalue weighted by Gasteiger charge is -2.32. The minimum atomic E-state index is -4.50. The molecule has 182 valence electrons. The second kappa shape index (κ2) is 9.44. The van der Waals surface area contributed by atoms with Gasteiger partial charge in [0, 0.05) is 24.7 Å². The number of benzene rings is 1. The van der Waals surface area contributed by atoms with Crippen molar-refractivity contribution in [3.8, 4) is 0 Å². The van der Waals surface area contributed by atoms with Crippen LogP contribution in [-0.2, 0) is 22.3 Å². The molecule has 1 atom stereocenters. The Morgan fingerprint density at radius 2 is 2.14 bits per heavy atom. The van der Waals surface area contributed by atoms with E-state index in [-0.39, 0.29) is 30.9 Å². The van der Waals surface area contributed by atoms with Gasteiger partial charge < -0.3 is 14.7 Å². The summed E-state index contributed by atoms with van der Waals surface area (Å²) in [4.78, 5) is 22.9. The molecule has 0 spiro atoms. The van der Waals surface area contributed by atoms with E-state index in [0.29, 0.717) is 35.3 Å². The molecule has 4 heterocycles. The summed E-state index contributed by atoms with van der Waals surface area (Å²) >= 11 is 1.26. The number of morpholine rings is 1. The third-order valence-electron chi connectivity index (χ3n) is 5.68. The Balaban J connectivity index is 1.34. The number of amidine groups is 1. The predicted molar refractivity (Wildman–Crippen MR) is 124 cm³/mol. The molecule has 2 aromatic heterocycles. The first kappa shape index (κ1) is 23.5. The van der Waals surface area contributed by atoms with E-state index in [2.05, 4.69) is 15.1 Å². The zero-order valence-corrected chi connectivity index (χ0v) is 19.1. The maximum Gasteiger partial charge on any atom is 0.418 e. The van der Waals surface area contributed by atoms with Gasteiger partial charge in [0.25, 0.3) is 5.91 Å². The second-order valence-electron chi connectivity index (χ2n) is 8.05. The van der Waals surface area contributed by atoms with E-state index in [9.17, 15) is 23.1 Å². The second-order valence-corrected chi connectivity index (χ2v) is 9.06. The number of aliphatic hydroxyl groups is 1. The van der Waals surface area contributed by atoms with Gasteiger partial charge in [0.1, 0.15) is 0 Å². The Bertz CT molecular complexity index is 1340. The number of ether oxygens (including phenoxy) is 1. The van der Waals surface area contributed by atoms with Crippen LogP contribution in [0.2, 0.25) is 0 Å². The van der Waals surface area contributed by atoms with Crippen LogP contribution < -0.4 is 0 Å². The van der Waals surface area contributed by atoms with Gasteiger partial charge in [0.15, 0.2) is 5.17 Å². The van der Waals surface area contributed by atoms with Gasteiger partial charge in [-0.1, -0.05) is 6.07 Å². The largest absolute Gasteiger partial charge is 0.418 e. The van der Waals surface area contributed by atoms with Crippen molar-refractivity contribution in [2.45, 2.75) is 18.8 Å². The Labute approximate surface area is 202 Å². The zero-order valence-electron chi connectivity index (χ0n) is 18.3. The molecule has 1 amide bonds. The Hall–Kier alpha value is -3.22. The lowest BCUT2D eigenvalue weighted by molar-refractivity contribution is -0.138. The number of hydrogen-bond donors (Lipinski definition) is 1. The van der Waals surface area contributed by atoms with Crippen LogP contribution in [0, 0.1) is 0 Å². The molecule has 2 aliphatic rings. The molecule has 8 nitrogen and oxygen atoms in total. The van der Waals surface area contributed by atoms with Crippen molar-refractivity contribution in [2.24, 2.45) is 4.99 Å². The zero-order chi connectivity index (χ0) is 24.6. The fourth-order valence-electron chi connectivity index (χ4n) is 3.97. The van der Waals surface area contributed by atoms with E-state index in [1.165, 1.54) is 28.7 Å². The van der Waals surface area contributed by atoms with Crippen molar-refractivity contribution >= 4 is 39.8 Å². The maximum atomic E-state index is 13.3. The normalized spacial score (nSPS) is 20.2. The Morgan fingerprint density at radius 1 is 1.29 bits per heavy atom. The minimum absolute atomic E-state index is 0.101. The smallest absolute Gasteiger partial charge is 0.394 e. The highest BCUT2D eigenvalue weighted by Crippen LogP contribution is 2.33. The lowest BCUT2D eigenvalue weighted by atomic mass is 10.1. The van der Waals surface area contributed by atoms with Crippen LogP contribution in [0.3, 0.4) is 0 Å². The first-order valence-electron chi connectivity index (χ1n) is 10.8. The van der Waals surface area contributed by atoms with Crippen molar-refractivity contribution in [3.63, 3.8) is 0 Å². The molecule has 12 heteroatoms. The first-order valence-corrected chi connectivity index (χ1v) is 11.6. The van der Waals surface area contributed by atoms with E-state index in [1.807, 2.05) is 11.0 Å². The molecule has 1 saturated heterocycles. The third kappa shape index (κ3) is 4.95. The van der Waals surface area contributed by atoms with Gasteiger partial charge in [-0.3, -0.25) is 14.5 Å². The van der Waals surface area contributed by atoms with E-state index < -0.39 is 11.7 Å². The van der Waals surface area contributed by atoms with Gasteiger partial charge in [-0.2, -0.15) is 23.3 Å². The van der Waals surface area contributed by atoms with E-state index in [4.69, 9.17) is 4.74 Å². The van der Waals surface area contributed by atoms with Gasteiger partial charge in [-0.15, -0.1) is 0 Å². The van der Waals surface area contributed by atoms with Gasteiger partial charge >= 0.3 is 6.18 Å². The van der Waals surface area contributed by atoms with Crippen molar-refractivity contribution in [1.82, 2.24) is 19.7 Å². The van der Waals surface area contributed by atoms with Crippen molar-refractivity contribution in [3.05, 3.63) is 64.5 Å². The number of nitrogens with zero attached hydrogens (tertiary/aromatic N) is 5. The molecule has 0 unspecified atom stereocenters. The summed E-state index contributed by atoms with van der Waals surface area (Å²) in [6, 6.07) is 7.61. The van der Waals surface area contributed by atoms with E-state index in [0.717, 1.165) is 17.0 Å². The van der Waals surface area contributed by atoms with Crippen LogP contribution in [0.5, 0.6) is 0 Å². The predicted octanol–water partition coefficient (Wildman–Crippen LogP) is 3.16. The number of aliphatic imine (C=N–C) groups is 1. The molecule has 5 rings (SSSR count). The molecule has 0 radical (unpaired) electrons. The topological polar surface area (TPSA) is 92.8 Å². The van der Waals surface area contributed by atoms with Crippen molar-refractivity contribution < 1.29 is 27.8 Å². The monoisotopic (exact) mass is 503 g/mol. The number of carbonyl (C=O) groups excluding carboxylic acids is 1. The average molecular weight is 504 g/mol. The summed E-state index contributed by atoms with van der Waals surface area (Å²) in [7, 11) is 0. The first-order chi connectivity index (χ1) is 16.8. The highest BCUT2D eigenvalue weighted by atomic mass is 32.2. The number of carbonyl (C=O) groups is 1. The van der Waals surface area contributed by atoms with E-state index >= 15 is 0 Å². The summed E-state index contributed by atoms with van der Waals surface area (Å²) in [5.41, 5.74) is 0.494. The lowest BCUT2D eigenvalue weighted by Crippen LogP contribution is -2.45. The number of pyridine rings is 1. The number of halogens is 3. The number of alkyl halides is 3. The van der Waals surface area contributed by atoms with Gasteiger partial charge in [-0.05, 0) is 47.7 Å². The van der Waals surface area contributed by atoms with Gasteiger partial charge in [0.2, 0.25) is 0 Å². The minimum Gasteiger partial charge on any atom is -0.394 e. The third-order valence-corrected chi connectivity index (χ3v) is 6.73. The number of thioether (sulfide) groups is 1. The summed E-state index contributed by atoms with van der Waals surface area (Å²) in [6.07, 6.45) is -0.188. The van der Waals surface area contributed by atoms with E-state index in [1.54, 1.807) is 24.4 Å². The molecule has 2 aliphatic heterocycles. The molecular weight excluding hydrogens is 483 g/mol. The van der Waals surface area contributed by atoms with Crippen molar-refractivity contribution in [2.75, 3.05) is 26.3 Å². The SMILES string of the molecule is O=C1N=C(N2CCO[C@H](CO)C2)S/C1=C\c1ccc2c(cnn2Cc2ncccc2C(F)(F)F)c1. The van der Waals surface area contributed by atoms with Crippen LogP contribution in [-0.4, -0.2) is 68.3 Å².